The third-order valence-corrected chi connectivity index (χ3v) is 5.72. The van der Waals surface area contributed by atoms with Gasteiger partial charge in [0.05, 0.1) is 0 Å². The molecule has 0 aromatic heterocycles. The summed E-state index contributed by atoms with van der Waals surface area (Å²) in [6, 6.07) is 16.8. The van der Waals surface area contributed by atoms with Gasteiger partial charge in [-0.3, -0.25) is 4.79 Å². The van der Waals surface area contributed by atoms with Crippen molar-refractivity contribution >= 4 is 29.3 Å². The summed E-state index contributed by atoms with van der Waals surface area (Å²) in [5.41, 5.74) is 6.42. The molecular weight excluding hydrogens is 392 g/mol. The molecule has 0 amide bonds. The lowest BCUT2D eigenvalue weighted by Crippen LogP contribution is -2.07. The average molecular weight is 427 g/mol. The first-order valence-corrected chi connectivity index (χ1v) is 11.3. The van der Waals surface area contributed by atoms with Gasteiger partial charge in [-0.25, -0.2) is 0 Å². The summed E-state index contributed by atoms with van der Waals surface area (Å²) in [5, 5.41) is 0. The van der Waals surface area contributed by atoms with Crippen LogP contribution in [0.1, 0.15) is 36.8 Å². The minimum absolute atomic E-state index is 0.183. The molecule has 0 radical (unpaired) electrons. The van der Waals surface area contributed by atoms with Gasteiger partial charge in [-0.05, 0) is 72.2 Å². The zero-order chi connectivity index (χ0) is 22.9. The van der Waals surface area contributed by atoms with Gasteiger partial charge < -0.3 is 9.80 Å². The summed E-state index contributed by atoms with van der Waals surface area (Å²) < 4.78 is 0. The van der Waals surface area contributed by atoms with Crippen molar-refractivity contribution in [3.05, 3.63) is 95.1 Å². The Kier molecular flexibility index (Phi) is 8.27. The molecule has 1 saturated carbocycles. The molecule has 3 rings (SSSR count). The zero-order valence-electron chi connectivity index (χ0n) is 19.7. The van der Waals surface area contributed by atoms with Crippen molar-refractivity contribution in [1.82, 2.24) is 0 Å². The van der Waals surface area contributed by atoms with Crippen molar-refractivity contribution in [1.29, 1.82) is 0 Å². The first kappa shape index (κ1) is 23.3. The van der Waals surface area contributed by atoms with E-state index in [-0.39, 0.29) is 5.78 Å². The van der Waals surface area contributed by atoms with E-state index < -0.39 is 0 Å². The maximum atomic E-state index is 13.1. The molecular formula is C29H34N2O. The van der Waals surface area contributed by atoms with Crippen LogP contribution in [0.2, 0.25) is 0 Å². The van der Waals surface area contributed by atoms with E-state index in [9.17, 15) is 4.79 Å². The number of carbonyl (C=O) groups excluding carboxylic acids is 1. The lowest BCUT2D eigenvalue weighted by atomic mass is 10.0. The van der Waals surface area contributed by atoms with Crippen molar-refractivity contribution < 1.29 is 4.79 Å². The van der Waals surface area contributed by atoms with E-state index >= 15 is 0 Å². The molecule has 0 saturated heterocycles. The van der Waals surface area contributed by atoms with Gasteiger partial charge in [-0.2, -0.15) is 0 Å². The summed E-state index contributed by atoms with van der Waals surface area (Å²) in [6.07, 6.45) is 15.9. The van der Waals surface area contributed by atoms with Crippen LogP contribution in [0.25, 0.3) is 12.2 Å². The maximum absolute atomic E-state index is 13.1. The fraction of sp³-hybridized carbons (Fsp3) is 0.276. The molecule has 0 spiro atoms. The van der Waals surface area contributed by atoms with E-state index in [1.54, 1.807) is 0 Å². The molecule has 2 aromatic carbocycles. The van der Waals surface area contributed by atoms with Crippen molar-refractivity contribution in [2.45, 2.75) is 25.7 Å². The number of hydrogen-bond donors (Lipinski definition) is 0. The number of ketones is 1. The minimum atomic E-state index is 0.183. The van der Waals surface area contributed by atoms with Crippen molar-refractivity contribution in [2.75, 3.05) is 38.0 Å². The van der Waals surface area contributed by atoms with Crippen molar-refractivity contribution in [3.8, 4) is 0 Å². The number of Topliss-reactive ketones (excluding diaryl/α,β-unsaturated/α-hetero) is 1. The molecule has 1 fully saturated rings. The molecule has 3 nitrogen and oxygen atoms in total. The highest BCUT2D eigenvalue weighted by atomic mass is 16.1. The molecule has 2 aromatic rings. The van der Waals surface area contributed by atoms with Crippen molar-refractivity contribution in [2.24, 2.45) is 0 Å². The second-order valence-electron chi connectivity index (χ2n) is 8.61. The van der Waals surface area contributed by atoms with Crippen molar-refractivity contribution in [3.63, 3.8) is 0 Å². The van der Waals surface area contributed by atoms with E-state index in [4.69, 9.17) is 0 Å². The molecule has 0 atom stereocenters. The number of anilines is 2. The summed E-state index contributed by atoms with van der Waals surface area (Å²) >= 11 is 0. The maximum Gasteiger partial charge on any atom is 0.184 e. The van der Waals surface area contributed by atoms with Crippen LogP contribution >= 0.6 is 0 Å². The zero-order valence-corrected chi connectivity index (χ0v) is 19.7. The largest absolute Gasteiger partial charge is 0.378 e. The second-order valence-corrected chi connectivity index (χ2v) is 8.61. The Labute approximate surface area is 193 Å². The second kappa shape index (κ2) is 11.3. The fourth-order valence-corrected chi connectivity index (χ4v) is 3.70. The van der Waals surface area contributed by atoms with Gasteiger partial charge in [0.2, 0.25) is 0 Å². The van der Waals surface area contributed by atoms with Crippen LogP contribution in [0.3, 0.4) is 0 Å². The van der Waals surface area contributed by atoms with Crippen LogP contribution in [0.15, 0.2) is 84.0 Å². The summed E-state index contributed by atoms with van der Waals surface area (Å²) in [4.78, 5) is 17.2. The lowest BCUT2D eigenvalue weighted by Gasteiger charge is -2.11. The molecule has 32 heavy (non-hydrogen) atoms. The molecule has 0 heterocycles. The van der Waals surface area contributed by atoms with E-state index in [0.29, 0.717) is 0 Å². The molecule has 0 aliphatic heterocycles. The molecule has 1 aliphatic carbocycles. The number of benzene rings is 2. The Bertz CT molecular complexity index is 936. The van der Waals surface area contributed by atoms with E-state index in [1.807, 2.05) is 52.5 Å². The molecule has 0 unspecified atom stereocenters. The summed E-state index contributed by atoms with van der Waals surface area (Å²) in [5.74, 6) is 0.183. The van der Waals surface area contributed by atoms with Crippen LogP contribution < -0.4 is 9.80 Å². The smallest absolute Gasteiger partial charge is 0.184 e. The van der Waals surface area contributed by atoms with Gasteiger partial charge in [-0.15, -0.1) is 0 Å². The van der Waals surface area contributed by atoms with Crippen LogP contribution in [-0.4, -0.2) is 34.0 Å². The molecule has 0 bridgehead atoms. The predicted molar refractivity (Wildman–Crippen MR) is 139 cm³/mol. The predicted octanol–water partition coefficient (Wildman–Crippen LogP) is 6.54. The van der Waals surface area contributed by atoms with Gasteiger partial charge in [0.25, 0.3) is 0 Å². The fourth-order valence-electron chi connectivity index (χ4n) is 3.70. The third kappa shape index (κ3) is 6.58. The van der Waals surface area contributed by atoms with E-state index in [1.165, 1.54) is 11.4 Å². The molecule has 3 heteroatoms. The Hall–Kier alpha value is -3.33. The van der Waals surface area contributed by atoms with Crippen LogP contribution in [0, 0.1) is 0 Å². The topological polar surface area (TPSA) is 23.6 Å². The first-order valence-electron chi connectivity index (χ1n) is 11.3. The van der Waals surface area contributed by atoms with Crippen LogP contribution in [0.4, 0.5) is 11.4 Å². The minimum Gasteiger partial charge on any atom is -0.378 e. The number of allylic oxidation sites excluding steroid dienone is 6. The van der Waals surface area contributed by atoms with Crippen LogP contribution in [0.5, 0.6) is 0 Å². The van der Waals surface area contributed by atoms with Gasteiger partial charge in [-0.1, -0.05) is 60.7 Å². The number of carbonyl (C=O) groups is 1. The van der Waals surface area contributed by atoms with E-state index in [0.717, 1.165) is 48.0 Å². The standard InChI is InChI=1S/C29H34N2O/c1-30(2)27-19-15-23(16-20-27)9-7-13-25-11-5-6-12-26(29(25)32)14-8-10-24-17-21-28(22-18-24)31(3)4/h7-10,13-22H,5-6,11-12H2,1-4H3/b9-7+,10-8+,25-13-,26-14-. The van der Waals surface area contributed by atoms with Gasteiger partial charge in [0.1, 0.15) is 0 Å². The molecule has 0 N–H and O–H groups in total. The highest BCUT2D eigenvalue weighted by Gasteiger charge is 2.17. The van der Waals surface area contributed by atoms with Gasteiger partial charge >= 0.3 is 0 Å². The third-order valence-electron chi connectivity index (χ3n) is 5.72. The van der Waals surface area contributed by atoms with Gasteiger partial charge in [0, 0.05) is 39.6 Å². The molecule has 166 valence electrons. The number of nitrogens with zero attached hydrogens (tertiary/aromatic N) is 2. The van der Waals surface area contributed by atoms with Gasteiger partial charge in [0.15, 0.2) is 5.78 Å². The lowest BCUT2D eigenvalue weighted by molar-refractivity contribution is -0.112. The normalized spacial score (nSPS) is 17.4. The number of rotatable bonds is 6. The molecule has 1 aliphatic rings. The SMILES string of the molecule is CN(C)c1ccc(/C=C/C=C2/CCCC/C(=C/C=C/c3ccc(N(C)C)cc3)C2=O)cc1. The number of hydrogen-bond acceptors (Lipinski definition) is 3. The van der Waals surface area contributed by atoms with Crippen LogP contribution in [-0.2, 0) is 4.79 Å². The summed E-state index contributed by atoms with van der Waals surface area (Å²) in [6.45, 7) is 0. The summed E-state index contributed by atoms with van der Waals surface area (Å²) in [7, 11) is 8.14. The highest BCUT2D eigenvalue weighted by molar-refractivity contribution is 6.08. The Balaban J connectivity index is 1.68. The average Bonchev–Trinajstić information content (AvgIpc) is 2.96. The Morgan fingerprint density at radius 2 is 1.00 bits per heavy atom. The van der Waals surface area contributed by atoms with E-state index in [2.05, 4.69) is 70.5 Å². The monoisotopic (exact) mass is 426 g/mol. The quantitative estimate of drug-likeness (QED) is 0.387. The highest BCUT2D eigenvalue weighted by Crippen LogP contribution is 2.24. The first-order chi connectivity index (χ1) is 15.4. The Morgan fingerprint density at radius 1 is 0.625 bits per heavy atom. The Morgan fingerprint density at radius 3 is 1.34 bits per heavy atom.